The fourth-order valence-corrected chi connectivity index (χ4v) is 8.17. The average molecular weight is 622 g/mol. The SMILES string of the molecule is c1ccc(-c2ncc(-c3cc4ccccc4c4cc5c(ccc6c7cccc8c9ccccc9n(c56)c87)cc34)c(-c3ccccc3)n2)cc1. The van der Waals surface area contributed by atoms with Crippen LogP contribution in [0.25, 0.3) is 104 Å². The second-order valence-corrected chi connectivity index (χ2v) is 13.0. The summed E-state index contributed by atoms with van der Waals surface area (Å²) in [6, 6.07) is 56.8. The number of nitrogens with zero attached hydrogens (tertiary/aromatic N) is 3. The van der Waals surface area contributed by atoms with E-state index in [1.807, 2.05) is 24.4 Å². The second kappa shape index (κ2) is 9.96. The van der Waals surface area contributed by atoms with Gasteiger partial charge in [-0.15, -0.1) is 0 Å². The minimum atomic E-state index is 0.721. The highest BCUT2D eigenvalue weighted by Gasteiger charge is 2.21. The molecule has 49 heavy (non-hydrogen) atoms. The van der Waals surface area contributed by atoms with Gasteiger partial charge in [0, 0.05) is 49.8 Å². The van der Waals surface area contributed by atoms with Gasteiger partial charge in [0.25, 0.3) is 0 Å². The van der Waals surface area contributed by atoms with E-state index in [1.54, 1.807) is 0 Å². The number of rotatable bonds is 3. The molecule has 0 N–H and O–H groups in total. The molecule has 0 aliphatic heterocycles. The molecule has 3 heteroatoms. The Morgan fingerprint density at radius 1 is 0.388 bits per heavy atom. The van der Waals surface area contributed by atoms with Crippen molar-refractivity contribution in [1.29, 1.82) is 0 Å². The van der Waals surface area contributed by atoms with E-state index in [9.17, 15) is 0 Å². The van der Waals surface area contributed by atoms with Gasteiger partial charge in [0.05, 0.1) is 22.2 Å². The van der Waals surface area contributed by atoms with Gasteiger partial charge < -0.3 is 4.40 Å². The van der Waals surface area contributed by atoms with Crippen LogP contribution < -0.4 is 0 Å². The molecular weight excluding hydrogens is 595 g/mol. The molecule has 11 aromatic rings. The Hall–Kier alpha value is -6.58. The van der Waals surface area contributed by atoms with Gasteiger partial charge in [-0.1, -0.05) is 133 Å². The number of aromatic nitrogens is 3. The third-order valence-electron chi connectivity index (χ3n) is 10.3. The van der Waals surface area contributed by atoms with Gasteiger partial charge in [-0.05, 0) is 56.8 Å². The molecule has 0 saturated heterocycles. The molecular formula is C46H27N3. The van der Waals surface area contributed by atoms with Crippen LogP contribution in [0.15, 0.2) is 164 Å². The first-order valence-corrected chi connectivity index (χ1v) is 16.8. The molecule has 0 unspecified atom stereocenters. The molecule has 226 valence electrons. The zero-order valence-electron chi connectivity index (χ0n) is 26.4. The highest BCUT2D eigenvalue weighted by molar-refractivity contribution is 6.29. The Balaban J connectivity index is 1.27. The summed E-state index contributed by atoms with van der Waals surface area (Å²) < 4.78 is 2.50. The molecule has 0 fully saturated rings. The van der Waals surface area contributed by atoms with E-state index < -0.39 is 0 Å². The maximum absolute atomic E-state index is 5.24. The van der Waals surface area contributed by atoms with Crippen LogP contribution in [-0.2, 0) is 0 Å². The van der Waals surface area contributed by atoms with Crippen molar-refractivity contribution in [3.63, 3.8) is 0 Å². The number of fused-ring (bicyclic) bond motifs is 11. The van der Waals surface area contributed by atoms with Crippen LogP contribution in [0, 0.1) is 0 Å². The van der Waals surface area contributed by atoms with Gasteiger partial charge in [0.1, 0.15) is 0 Å². The average Bonchev–Trinajstić information content (AvgIpc) is 3.70. The molecule has 3 nitrogen and oxygen atoms in total. The standard InChI is InChI=1S/C46H27N3/c1-3-12-28(13-4-1)43-41(27-47-46(48-43)29-14-5-2-6-15-29)39-24-30-16-7-8-17-32(30)40-26-37-31(25-38(39)40)22-23-36-35-20-11-19-34-33-18-9-10-21-42(33)49(44(34)35)45(36)37/h1-27H. The Bertz CT molecular complexity index is 3090. The fraction of sp³-hybridized carbons (Fsp3) is 0. The van der Waals surface area contributed by atoms with E-state index in [-0.39, 0.29) is 0 Å². The summed E-state index contributed by atoms with van der Waals surface area (Å²) >= 11 is 0. The maximum atomic E-state index is 5.24. The van der Waals surface area contributed by atoms with Crippen LogP contribution in [0.5, 0.6) is 0 Å². The molecule has 0 spiro atoms. The topological polar surface area (TPSA) is 30.2 Å². The zero-order valence-corrected chi connectivity index (χ0v) is 26.4. The fourth-order valence-electron chi connectivity index (χ4n) is 8.17. The van der Waals surface area contributed by atoms with E-state index >= 15 is 0 Å². The van der Waals surface area contributed by atoms with Crippen molar-refractivity contribution in [2.24, 2.45) is 0 Å². The summed E-state index contributed by atoms with van der Waals surface area (Å²) in [6.45, 7) is 0. The molecule has 0 aliphatic rings. The Kier molecular flexibility index (Phi) is 5.38. The van der Waals surface area contributed by atoms with Gasteiger partial charge in [0.15, 0.2) is 5.82 Å². The first-order valence-electron chi connectivity index (χ1n) is 16.8. The minimum Gasteiger partial charge on any atom is -0.307 e. The van der Waals surface area contributed by atoms with Crippen molar-refractivity contribution in [3.8, 4) is 33.8 Å². The van der Waals surface area contributed by atoms with Gasteiger partial charge in [-0.2, -0.15) is 0 Å². The van der Waals surface area contributed by atoms with Crippen molar-refractivity contribution in [3.05, 3.63) is 164 Å². The lowest BCUT2D eigenvalue weighted by Gasteiger charge is -2.16. The van der Waals surface area contributed by atoms with Crippen LogP contribution >= 0.6 is 0 Å². The highest BCUT2D eigenvalue weighted by atomic mass is 14.9. The Labute approximate surface area is 281 Å². The summed E-state index contributed by atoms with van der Waals surface area (Å²) in [6.07, 6.45) is 2.02. The first kappa shape index (κ1) is 26.5. The molecule has 0 saturated carbocycles. The summed E-state index contributed by atoms with van der Waals surface area (Å²) in [5.74, 6) is 0.721. The second-order valence-electron chi connectivity index (χ2n) is 13.0. The van der Waals surface area contributed by atoms with Gasteiger partial charge in [-0.3, -0.25) is 0 Å². The van der Waals surface area contributed by atoms with Crippen LogP contribution in [-0.4, -0.2) is 14.4 Å². The molecule has 0 atom stereocenters. The third-order valence-corrected chi connectivity index (χ3v) is 10.3. The molecule has 8 aromatic carbocycles. The lowest BCUT2D eigenvalue weighted by atomic mass is 9.89. The molecule has 0 aliphatic carbocycles. The van der Waals surface area contributed by atoms with Crippen LogP contribution in [0.2, 0.25) is 0 Å². The number of para-hydroxylation sites is 2. The molecule has 0 amide bonds. The number of hydrogen-bond acceptors (Lipinski definition) is 2. The predicted molar refractivity (Wildman–Crippen MR) is 206 cm³/mol. The van der Waals surface area contributed by atoms with Gasteiger partial charge in [-0.25, -0.2) is 9.97 Å². The summed E-state index contributed by atoms with van der Waals surface area (Å²) in [5.41, 5.74) is 8.96. The molecule has 11 rings (SSSR count). The summed E-state index contributed by atoms with van der Waals surface area (Å²) in [7, 11) is 0. The molecule has 0 bridgehead atoms. The predicted octanol–water partition coefficient (Wildman–Crippen LogP) is 12.1. The quantitative estimate of drug-likeness (QED) is 0.145. The highest BCUT2D eigenvalue weighted by Crippen LogP contribution is 2.45. The van der Waals surface area contributed by atoms with Gasteiger partial charge >= 0.3 is 0 Å². The van der Waals surface area contributed by atoms with E-state index in [0.29, 0.717) is 0 Å². The number of benzene rings is 8. The van der Waals surface area contributed by atoms with E-state index in [1.165, 1.54) is 70.4 Å². The monoisotopic (exact) mass is 621 g/mol. The lowest BCUT2D eigenvalue weighted by molar-refractivity contribution is 1.18. The molecule has 3 aromatic heterocycles. The lowest BCUT2D eigenvalue weighted by Crippen LogP contribution is -1.97. The first-order chi connectivity index (χ1) is 24.3. The van der Waals surface area contributed by atoms with E-state index in [4.69, 9.17) is 9.97 Å². The largest absolute Gasteiger partial charge is 0.307 e. The Morgan fingerprint density at radius 2 is 1.02 bits per heavy atom. The van der Waals surface area contributed by atoms with Crippen molar-refractivity contribution in [2.75, 3.05) is 0 Å². The third kappa shape index (κ3) is 3.73. The molecule has 0 radical (unpaired) electrons. The van der Waals surface area contributed by atoms with Crippen LogP contribution in [0.3, 0.4) is 0 Å². The van der Waals surface area contributed by atoms with E-state index in [2.05, 4.69) is 144 Å². The summed E-state index contributed by atoms with van der Waals surface area (Å²) in [4.78, 5) is 10.2. The van der Waals surface area contributed by atoms with Crippen LogP contribution in [0.4, 0.5) is 0 Å². The van der Waals surface area contributed by atoms with Crippen molar-refractivity contribution < 1.29 is 0 Å². The number of hydrogen-bond donors (Lipinski definition) is 0. The normalized spacial score (nSPS) is 12.1. The molecule has 3 heterocycles. The van der Waals surface area contributed by atoms with Crippen molar-refractivity contribution >= 4 is 70.4 Å². The smallest absolute Gasteiger partial charge is 0.159 e. The van der Waals surface area contributed by atoms with Crippen LogP contribution in [0.1, 0.15) is 0 Å². The summed E-state index contributed by atoms with van der Waals surface area (Å²) in [5, 5.41) is 12.5. The van der Waals surface area contributed by atoms with Crippen molar-refractivity contribution in [1.82, 2.24) is 14.4 Å². The van der Waals surface area contributed by atoms with Gasteiger partial charge in [0.2, 0.25) is 0 Å². The van der Waals surface area contributed by atoms with Crippen molar-refractivity contribution in [2.45, 2.75) is 0 Å². The Morgan fingerprint density at radius 3 is 1.86 bits per heavy atom. The maximum Gasteiger partial charge on any atom is 0.159 e. The van der Waals surface area contributed by atoms with E-state index in [0.717, 1.165) is 33.8 Å². The zero-order chi connectivity index (χ0) is 32.1. The minimum absolute atomic E-state index is 0.721.